The van der Waals surface area contributed by atoms with Crippen molar-refractivity contribution in [2.24, 2.45) is 0 Å². The highest BCUT2D eigenvalue weighted by Gasteiger charge is 2.06. The first-order valence-corrected chi connectivity index (χ1v) is 6.37. The summed E-state index contributed by atoms with van der Waals surface area (Å²) in [5, 5.41) is 18.2. The fraction of sp³-hybridized carbons (Fsp3) is 0.333. The lowest BCUT2D eigenvalue weighted by atomic mass is 10.0. The number of aliphatic hydroxyl groups is 2. The second-order valence-corrected chi connectivity index (χ2v) is 4.22. The Morgan fingerprint density at radius 3 is 2.50 bits per heavy atom. The number of rotatable bonds is 6. The number of carbonyl (C=O) groups is 2. The molecule has 0 heterocycles. The number of carbonyl (C=O) groups excluding carboxylic acids is 2. The van der Waals surface area contributed by atoms with Crippen LogP contribution in [0.3, 0.4) is 0 Å². The molecule has 0 saturated carbocycles. The van der Waals surface area contributed by atoms with Crippen molar-refractivity contribution in [3.8, 4) is 0 Å². The van der Waals surface area contributed by atoms with Gasteiger partial charge in [-0.15, -0.1) is 0 Å². The van der Waals surface area contributed by atoms with E-state index in [1.807, 2.05) is 6.92 Å². The normalized spacial score (nSPS) is 10.8. The fourth-order valence-electron chi connectivity index (χ4n) is 1.62. The van der Waals surface area contributed by atoms with Crippen LogP contribution in [0.5, 0.6) is 0 Å². The molecule has 0 radical (unpaired) electrons. The van der Waals surface area contributed by atoms with Gasteiger partial charge in [0.05, 0.1) is 13.2 Å². The van der Waals surface area contributed by atoms with E-state index in [9.17, 15) is 9.59 Å². The monoisotopic (exact) mass is 278 g/mol. The van der Waals surface area contributed by atoms with Crippen molar-refractivity contribution in [3.63, 3.8) is 0 Å². The molecule has 0 aromatic heterocycles. The zero-order chi connectivity index (χ0) is 15.0. The Balaban J connectivity index is 2.70. The molecule has 0 saturated heterocycles. The lowest BCUT2D eigenvalue weighted by Crippen LogP contribution is -2.09. The Morgan fingerprint density at radius 2 is 1.90 bits per heavy atom. The van der Waals surface area contributed by atoms with Crippen LogP contribution in [0.25, 0.3) is 6.08 Å². The van der Waals surface area contributed by atoms with Crippen LogP contribution >= 0.6 is 0 Å². The van der Waals surface area contributed by atoms with E-state index in [0.29, 0.717) is 23.1 Å². The Bertz CT molecular complexity index is 505. The standard InChI is InChI=1S/C15H18O5/c1-2-3-14(18)20-15(19)7-5-11-4-6-12(9-16)13(8-11)10-17/h4-8,16-17H,2-3,9-10H2,1H3. The van der Waals surface area contributed by atoms with Gasteiger partial charge in [0, 0.05) is 12.5 Å². The van der Waals surface area contributed by atoms with Crippen molar-refractivity contribution in [1.29, 1.82) is 0 Å². The van der Waals surface area contributed by atoms with Crippen molar-refractivity contribution in [1.82, 2.24) is 0 Å². The highest BCUT2D eigenvalue weighted by atomic mass is 16.6. The third-order valence-corrected chi connectivity index (χ3v) is 2.65. The average molecular weight is 278 g/mol. The molecule has 0 aliphatic rings. The third kappa shape index (κ3) is 4.95. The molecule has 0 aliphatic carbocycles. The summed E-state index contributed by atoms with van der Waals surface area (Å²) in [6.45, 7) is 1.46. The number of benzene rings is 1. The third-order valence-electron chi connectivity index (χ3n) is 2.65. The fourth-order valence-corrected chi connectivity index (χ4v) is 1.62. The highest BCUT2D eigenvalue weighted by Crippen LogP contribution is 2.13. The average Bonchev–Trinajstić information content (AvgIpc) is 2.44. The van der Waals surface area contributed by atoms with Gasteiger partial charge >= 0.3 is 11.9 Å². The summed E-state index contributed by atoms with van der Waals surface area (Å²) >= 11 is 0. The summed E-state index contributed by atoms with van der Waals surface area (Å²) in [6, 6.07) is 5.02. The molecule has 1 aromatic rings. The van der Waals surface area contributed by atoms with E-state index in [4.69, 9.17) is 10.2 Å². The Labute approximate surface area is 117 Å². The van der Waals surface area contributed by atoms with Crippen LogP contribution in [-0.4, -0.2) is 22.2 Å². The van der Waals surface area contributed by atoms with Crippen LogP contribution in [0.1, 0.15) is 36.5 Å². The van der Waals surface area contributed by atoms with Crippen molar-refractivity contribution in [2.75, 3.05) is 0 Å². The molecule has 0 aliphatic heterocycles. The number of hydrogen-bond acceptors (Lipinski definition) is 5. The van der Waals surface area contributed by atoms with Gasteiger partial charge < -0.3 is 14.9 Å². The van der Waals surface area contributed by atoms with E-state index in [0.717, 1.165) is 6.08 Å². The first kappa shape index (κ1) is 16.1. The first-order valence-electron chi connectivity index (χ1n) is 6.37. The summed E-state index contributed by atoms with van der Waals surface area (Å²) in [6.07, 6.45) is 3.47. The molecular formula is C15H18O5. The van der Waals surface area contributed by atoms with E-state index in [2.05, 4.69) is 4.74 Å². The van der Waals surface area contributed by atoms with Crippen LogP contribution < -0.4 is 0 Å². The second kappa shape index (κ2) is 8.24. The van der Waals surface area contributed by atoms with E-state index in [1.54, 1.807) is 18.2 Å². The molecule has 1 aromatic carbocycles. The minimum Gasteiger partial charge on any atom is -0.392 e. The van der Waals surface area contributed by atoms with Gasteiger partial charge in [0.25, 0.3) is 0 Å². The van der Waals surface area contributed by atoms with Gasteiger partial charge in [-0.1, -0.05) is 19.1 Å². The van der Waals surface area contributed by atoms with Gasteiger partial charge in [-0.25, -0.2) is 4.79 Å². The molecule has 5 heteroatoms. The van der Waals surface area contributed by atoms with Crippen LogP contribution in [0.4, 0.5) is 0 Å². The Kier molecular flexibility index (Phi) is 6.63. The molecular weight excluding hydrogens is 260 g/mol. The lowest BCUT2D eigenvalue weighted by molar-refractivity contribution is -0.156. The molecule has 0 amide bonds. The van der Waals surface area contributed by atoms with Crippen LogP contribution in [0.15, 0.2) is 24.3 Å². The largest absolute Gasteiger partial charge is 0.392 e. The van der Waals surface area contributed by atoms with Crippen molar-refractivity contribution in [2.45, 2.75) is 33.0 Å². The van der Waals surface area contributed by atoms with E-state index < -0.39 is 11.9 Å². The van der Waals surface area contributed by atoms with Gasteiger partial charge in [-0.05, 0) is 35.3 Å². The van der Waals surface area contributed by atoms with Crippen LogP contribution in [-0.2, 0) is 27.5 Å². The first-order chi connectivity index (χ1) is 9.60. The topological polar surface area (TPSA) is 83.8 Å². The summed E-state index contributed by atoms with van der Waals surface area (Å²) < 4.78 is 4.56. The molecule has 0 unspecified atom stereocenters. The van der Waals surface area contributed by atoms with Gasteiger partial charge in [0.2, 0.25) is 0 Å². The van der Waals surface area contributed by atoms with Gasteiger partial charge in [-0.3, -0.25) is 4.79 Å². The van der Waals surface area contributed by atoms with Crippen LogP contribution in [0, 0.1) is 0 Å². The molecule has 0 bridgehead atoms. The summed E-state index contributed by atoms with van der Waals surface area (Å²) in [5.41, 5.74) is 1.89. The minimum absolute atomic E-state index is 0.159. The molecule has 0 fully saturated rings. The number of ether oxygens (including phenoxy) is 1. The molecule has 2 N–H and O–H groups in total. The number of hydrogen-bond donors (Lipinski definition) is 2. The molecule has 1 rings (SSSR count). The summed E-state index contributed by atoms with van der Waals surface area (Å²) in [5.74, 6) is -1.27. The Morgan fingerprint density at radius 1 is 1.20 bits per heavy atom. The quantitative estimate of drug-likeness (QED) is 0.468. The minimum atomic E-state index is -0.722. The molecule has 0 spiro atoms. The van der Waals surface area contributed by atoms with E-state index in [1.165, 1.54) is 6.08 Å². The Hall–Kier alpha value is -1.98. The zero-order valence-electron chi connectivity index (χ0n) is 11.3. The summed E-state index contributed by atoms with van der Waals surface area (Å²) in [7, 11) is 0. The van der Waals surface area contributed by atoms with Gasteiger partial charge in [-0.2, -0.15) is 0 Å². The lowest BCUT2D eigenvalue weighted by Gasteiger charge is -2.05. The second-order valence-electron chi connectivity index (χ2n) is 4.22. The van der Waals surface area contributed by atoms with Gasteiger partial charge in [0.1, 0.15) is 0 Å². The highest BCUT2D eigenvalue weighted by molar-refractivity contribution is 5.94. The van der Waals surface area contributed by atoms with E-state index in [-0.39, 0.29) is 19.6 Å². The maximum atomic E-state index is 11.4. The predicted molar refractivity (Wildman–Crippen MR) is 73.3 cm³/mol. The molecule has 108 valence electrons. The molecule has 5 nitrogen and oxygen atoms in total. The maximum Gasteiger partial charge on any atom is 0.338 e. The molecule has 0 atom stereocenters. The van der Waals surface area contributed by atoms with Crippen molar-refractivity contribution in [3.05, 3.63) is 41.0 Å². The van der Waals surface area contributed by atoms with Crippen molar-refractivity contribution >= 4 is 18.0 Å². The van der Waals surface area contributed by atoms with Crippen LogP contribution in [0.2, 0.25) is 0 Å². The zero-order valence-corrected chi connectivity index (χ0v) is 11.3. The number of aliphatic hydroxyl groups excluding tert-OH is 2. The maximum absolute atomic E-state index is 11.4. The molecule has 20 heavy (non-hydrogen) atoms. The predicted octanol–water partition coefficient (Wildman–Crippen LogP) is 1.55. The van der Waals surface area contributed by atoms with Gasteiger partial charge in [0.15, 0.2) is 0 Å². The summed E-state index contributed by atoms with van der Waals surface area (Å²) in [4.78, 5) is 22.5. The SMILES string of the molecule is CCCC(=O)OC(=O)C=Cc1ccc(CO)c(CO)c1. The smallest absolute Gasteiger partial charge is 0.338 e. The number of esters is 2. The van der Waals surface area contributed by atoms with E-state index >= 15 is 0 Å². The van der Waals surface area contributed by atoms with Crippen molar-refractivity contribution < 1.29 is 24.5 Å².